The van der Waals surface area contributed by atoms with Gasteiger partial charge in [0.25, 0.3) is 5.91 Å². The summed E-state index contributed by atoms with van der Waals surface area (Å²) >= 11 is 0. The molecule has 1 amide bonds. The van der Waals surface area contributed by atoms with Crippen LogP contribution < -0.4 is 14.9 Å². The summed E-state index contributed by atoms with van der Waals surface area (Å²) in [6.07, 6.45) is 0. The maximum absolute atomic E-state index is 12.2. The van der Waals surface area contributed by atoms with E-state index in [4.69, 9.17) is 14.7 Å². The van der Waals surface area contributed by atoms with Gasteiger partial charge < -0.3 is 9.47 Å². The molecule has 0 unspecified atom stereocenters. The van der Waals surface area contributed by atoms with Crippen molar-refractivity contribution in [1.82, 2.24) is 5.43 Å². The summed E-state index contributed by atoms with van der Waals surface area (Å²) in [6.45, 7) is 1.77. The predicted molar refractivity (Wildman–Crippen MR) is 90.4 cm³/mol. The third-order valence-corrected chi connectivity index (χ3v) is 3.40. The minimum absolute atomic E-state index is 0.357. The third kappa shape index (κ3) is 3.90. The average Bonchev–Trinajstić information content (AvgIpc) is 2.65. The van der Waals surface area contributed by atoms with Gasteiger partial charge >= 0.3 is 0 Å². The molecule has 0 fully saturated rings. The summed E-state index contributed by atoms with van der Waals surface area (Å²) < 4.78 is 10.3. The van der Waals surface area contributed by atoms with Gasteiger partial charge in [-0.1, -0.05) is 12.1 Å². The molecule has 6 heteroatoms. The summed E-state index contributed by atoms with van der Waals surface area (Å²) in [7, 11) is 3.04. The van der Waals surface area contributed by atoms with Gasteiger partial charge in [-0.2, -0.15) is 10.4 Å². The molecule has 0 aromatic heterocycles. The van der Waals surface area contributed by atoms with Gasteiger partial charge in [0.05, 0.1) is 31.6 Å². The number of methoxy groups -OCH3 is 2. The Bertz CT molecular complexity index is 805. The van der Waals surface area contributed by atoms with Gasteiger partial charge in [0, 0.05) is 5.56 Å². The van der Waals surface area contributed by atoms with E-state index in [0.717, 1.165) is 5.56 Å². The molecule has 1 N–H and O–H groups in total. The fourth-order valence-corrected chi connectivity index (χ4v) is 2.03. The van der Waals surface area contributed by atoms with Crippen molar-refractivity contribution in [3.63, 3.8) is 0 Å². The molecule has 0 saturated carbocycles. The van der Waals surface area contributed by atoms with Crippen molar-refractivity contribution < 1.29 is 14.3 Å². The van der Waals surface area contributed by atoms with Gasteiger partial charge in [-0.15, -0.1) is 0 Å². The van der Waals surface area contributed by atoms with Crippen LogP contribution in [0.5, 0.6) is 11.5 Å². The van der Waals surface area contributed by atoms with Crippen LogP contribution in [-0.2, 0) is 0 Å². The summed E-state index contributed by atoms with van der Waals surface area (Å²) in [4.78, 5) is 12.2. The van der Waals surface area contributed by atoms with Crippen molar-refractivity contribution in [2.45, 2.75) is 6.92 Å². The van der Waals surface area contributed by atoms with Crippen LogP contribution in [0, 0.1) is 11.3 Å². The first kappa shape index (κ1) is 17.0. The van der Waals surface area contributed by atoms with Crippen LogP contribution in [0.15, 0.2) is 47.6 Å². The van der Waals surface area contributed by atoms with Crippen LogP contribution in [0.25, 0.3) is 0 Å². The lowest BCUT2D eigenvalue weighted by atomic mass is 10.1. The largest absolute Gasteiger partial charge is 0.493 e. The molecule has 122 valence electrons. The van der Waals surface area contributed by atoms with Gasteiger partial charge in [-0.05, 0) is 42.8 Å². The van der Waals surface area contributed by atoms with E-state index < -0.39 is 0 Å². The maximum Gasteiger partial charge on any atom is 0.271 e. The lowest BCUT2D eigenvalue weighted by Crippen LogP contribution is -2.19. The number of nitrogens with zero attached hydrogens (tertiary/aromatic N) is 2. The molecule has 2 rings (SSSR count). The molecule has 0 aliphatic rings. The second-order valence-corrected chi connectivity index (χ2v) is 4.90. The van der Waals surface area contributed by atoms with E-state index in [9.17, 15) is 4.79 Å². The Balaban J connectivity index is 2.12. The van der Waals surface area contributed by atoms with Gasteiger partial charge in [0.2, 0.25) is 0 Å². The summed E-state index contributed by atoms with van der Waals surface area (Å²) in [5.41, 5.74) is 4.93. The van der Waals surface area contributed by atoms with E-state index >= 15 is 0 Å². The lowest BCUT2D eigenvalue weighted by molar-refractivity contribution is 0.0954. The smallest absolute Gasteiger partial charge is 0.271 e. The highest BCUT2D eigenvalue weighted by Gasteiger charge is 2.10. The molecule has 2 aromatic rings. The number of carbonyl (C=O) groups is 1. The van der Waals surface area contributed by atoms with Crippen LogP contribution in [0.3, 0.4) is 0 Å². The lowest BCUT2D eigenvalue weighted by Gasteiger charge is -2.09. The van der Waals surface area contributed by atoms with E-state index in [1.54, 1.807) is 49.4 Å². The number of rotatable bonds is 5. The van der Waals surface area contributed by atoms with Crippen LogP contribution >= 0.6 is 0 Å². The zero-order valence-electron chi connectivity index (χ0n) is 13.7. The SMILES string of the molecule is COc1ccc(C(=O)N/N=C(/C)c2ccc(C#N)cc2)cc1OC. The first-order valence-electron chi connectivity index (χ1n) is 7.16. The molecule has 24 heavy (non-hydrogen) atoms. The Morgan fingerprint density at radius 2 is 1.67 bits per heavy atom. The van der Waals surface area contributed by atoms with Gasteiger partial charge in [-0.25, -0.2) is 5.43 Å². The highest BCUT2D eigenvalue weighted by Crippen LogP contribution is 2.27. The molecule has 0 bridgehead atoms. The molecule has 6 nitrogen and oxygen atoms in total. The topological polar surface area (TPSA) is 83.7 Å². The Morgan fingerprint density at radius 3 is 2.25 bits per heavy atom. The van der Waals surface area contributed by atoms with E-state index in [1.807, 2.05) is 0 Å². The number of ether oxygens (including phenoxy) is 2. The minimum atomic E-state index is -0.357. The molecule has 0 atom stereocenters. The van der Waals surface area contributed by atoms with Crippen LogP contribution in [0.4, 0.5) is 0 Å². The Morgan fingerprint density at radius 1 is 1.04 bits per heavy atom. The quantitative estimate of drug-likeness (QED) is 0.677. The number of amides is 1. The average molecular weight is 323 g/mol. The number of hydrogen-bond acceptors (Lipinski definition) is 5. The van der Waals surface area contributed by atoms with Crippen molar-refractivity contribution >= 4 is 11.6 Å². The highest BCUT2D eigenvalue weighted by atomic mass is 16.5. The van der Waals surface area contributed by atoms with Crippen LogP contribution in [-0.4, -0.2) is 25.8 Å². The molecule has 0 saturated heterocycles. The van der Waals surface area contributed by atoms with E-state index in [1.165, 1.54) is 14.2 Å². The third-order valence-electron chi connectivity index (χ3n) is 3.40. The van der Waals surface area contributed by atoms with Crippen LogP contribution in [0.1, 0.15) is 28.4 Å². The zero-order valence-corrected chi connectivity index (χ0v) is 13.7. The molecular formula is C18H17N3O3. The Kier molecular flexibility index (Phi) is 5.53. The van der Waals surface area contributed by atoms with Gasteiger partial charge in [0.15, 0.2) is 11.5 Å². The second kappa shape index (κ2) is 7.79. The molecule has 0 heterocycles. The maximum atomic E-state index is 12.2. The number of hydrazone groups is 1. The molecule has 0 radical (unpaired) electrons. The normalized spacial score (nSPS) is 10.7. The van der Waals surface area contributed by atoms with Gasteiger partial charge in [-0.3, -0.25) is 4.79 Å². The predicted octanol–water partition coefficient (Wildman–Crippen LogP) is 2.73. The second-order valence-electron chi connectivity index (χ2n) is 4.90. The fraction of sp³-hybridized carbons (Fsp3) is 0.167. The van der Waals surface area contributed by atoms with Crippen molar-refractivity contribution in [3.8, 4) is 17.6 Å². The molecular weight excluding hydrogens is 306 g/mol. The minimum Gasteiger partial charge on any atom is -0.493 e. The first-order chi connectivity index (χ1) is 11.6. The Labute approximate surface area is 140 Å². The fourth-order valence-electron chi connectivity index (χ4n) is 2.03. The number of nitrogens with one attached hydrogen (secondary N) is 1. The molecule has 2 aromatic carbocycles. The van der Waals surface area contributed by atoms with Gasteiger partial charge in [0.1, 0.15) is 0 Å². The number of hydrogen-bond donors (Lipinski definition) is 1. The zero-order chi connectivity index (χ0) is 17.5. The first-order valence-corrected chi connectivity index (χ1v) is 7.16. The van der Waals surface area contributed by atoms with Crippen molar-refractivity contribution in [3.05, 3.63) is 59.2 Å². The number of carbonyl (C=O) groups excluding carboxylic acids is 1. The van der Waals surface area contributed by atoms with Crippen molar-refractivity contribution in [1.29, 1.82) is 5.26 Å². The number of nitriles is 1. The number of benzene rings is 2. The van der Waals surface area contributed by atoms with Crippen LogP contribution in [0.2, 0.25) is 0 Å². The highest BCUT2D eigenvalue weighted by molar-refractivity contribution is 6.01. The van der Waals surface area contributed by atoms with Crippen molar-refractivity contribution in [2.24, 2.45) is 5.10 Å². The summed E-state index contributed by atoms with van der Waals surface area (Å²) in [5, 5.41) is 12.9. The van der Waals surface area contributed by atoms with E-state index in [2.05, 4.69) is 16.6 Å². The molecule has 0 aliphatic carbocycles. The summed E-state index contributed by atoms with van der Waals surface area (Å²) in [5.74, 6) is 0.660. The van der Waals surface area contributed by atoms with Crippen molar-refractivity contribution in [2.75, 3.05) is 14.2 Å². The van der Waals surface area contributed by atoms with E-state index in [-0.39, 0.29) is 5.91 Å². The van der Waals surface area contributed by atoms with E-state index in [0.29, 0.717) is 28.3 Å². The standard InChI is InChI=1S/C18H17N3O3/c1-12(14-6-4-13(11-19)5-7-14)20-21-18(22)15-8-9-16(23-2)17(10-15)24-3/h4-10H,1-3H3,(H,21,22)/b20-12-. The molecule has 0 aliphatic heterocycles. The monoisotopic (exact) mass is 323 g/mol. The molecule has 0 spiro atoms. The summed E-state index contributed by atoms with van der Waals surface area (Å²) in [6, 6.07) is 13.9. The Hall–Kier alpha value is -3.33.